The minimum atomic E-state index is -1.36. The number of amides is 1. The van der Waals surface area contributed by atoms with Gasteiger partial charge in [0.25, 0.3) is 5.91 Å². The number of rotatable bonds is 5. The Morgan fingerprint density at radius 2 is 2.04 bits per heavy atom. The van der Waals surface area contributed by atoms with E-state index >= 15 is 0 Å². The Morgan fingerprint density at radius 1 is 1.28 bits per heavy atom. The molecule has 6 heteroatoms. The number of ether oxygens (including phenoxy) is 1. The average molecular weight is 360 g/mol. The second kappa shape index (κ2) is 6.78. The predicted octanol–water partition coefficient (Wildman–Crippen LogP) is 3.73. The molecule has 0 aliphatic carbocycles. The first-order chi connectivity index (χ1) is 11.9. The van der Waals surface area contributed by atoms with Crippen LogP contribution in [0.4, 0.5) is 0 Å². The summed E-state index contributed by atoms with van der Waals surface area (Å²) in [5.41, 5.74) is -0.378. The molecule has 2 N–H and O–H groups in total. The molecule has 25 heavy (non-hydrogen) atoms. The van der Waals surface area contributed by atoms with E-state index < -0.39 is 11.5 Å². The van der Waals surface area contributed by atoms with E-state index in [9.17, 15) is 9.90 Å². The maximum Gasteiger partial charge on any atom is 0.255 e. The molecule has 0 fully saturated rings. The SMILES string of the molecule is COc1ccc(Cl)cc1C(=O)NCC(C)(O)c1cc2ccccc2o1. The number of furan rings is 1. The maximum absolute atomic E-state index is 12.4. The monoisotopic (exact) mass is 359 g/mol. The topological polar surface area (TPSA) is 71.7 Å². The van der Waals surface area contributed by atoms with Crippen LogP contribution in [-0.2, 0) is 5.60 Å². The van der Waals surface area contributed by atoms with Crippen LogP contribution in [0.1, 0.15) is 23.0 Å². The van der Waals surface area contributed by atoms with Crippen LogP contribution >= 0.6 is 11.6 Å². The molecule has 1 heterocycles. The van der Waals surface area contributed by atoms with Crippen LogP contribution in [0.2, 0.25) is 5.02 Å². The Hall–Kier alpha value is -2.50. The lowest BCUT2D eigenvalue weighted by molar-refractivity contribution is 0.0344. The highest BCUT2D eigenvalue weighted by Gasteiger charge is 2.28. The molecule has 3 aromatic rings. The van der Waals surface area contributed by atoms with E-state index in [1.165, 1.54) is 13.2 Å². The van der Waals surface area contributed by atoms with Gasteiger partial charge in [0.2, 0.25) is 0 Å². The average Bonchev–Trinajstić information content (AvgIpc) is 3.05. The zero-order chi connectivity index (χ0) is 18.0. The molecule has 1 atom stereocenters. The van der Waals surface area contributed by atoms with Gasteiger partial charge in [-0.05, 0) is 37.3 Å². The molecule has 5 nitrogen and oxygen atoms in total. The molecular weight excluding hydrogens is 342 g/mol. The number of benzene rings is 2. The molecule has 0 saturated carbocycles. The molecule has 0 radical (unpaired) electrons. The number of para-hydroxylation sites is 1. The minimum Gasteiger partial charge on any atom is -0.496 e. The van der Waals surface area contributed by atoms with E-state index in [1.54, 1.807) is 25.1 Å². The third kappa shape index (κ3) is 3.62. The van der Waals surface area contributed by atoms with Gasteiger partial charge in [0, 0.05) is 10.4 Å². The Balaban J connectivity index is 1.77. The number of carbonyl (C=O) groups excluding carboxylic acids is 1. The molecule has 1 unspecified atom stereocenters. The van der Waals surface area contributed by atoms with Crippen LogP contribution < -0.4 is 10.1 Å². The molecule has 1 aromatic heterocycles. The van der Waals surface area contributed by atoms with Gasteiger partial charge < -0.3 is 19.6 Å². The smallest absolute Gasteiger partial charge is 0.255 e. The molecular formula is C19H18ClNO4. The standard InChI is InChI=1S/C19H18ClNO4/c1-19(23,17-9-12-5-3-4-6-15(12)25-17)11-21-18(22)14-10-13(20)7-8-16(14)24-2/h3-10,23H,11H2,1-2H3,(H,21,22). The summed E-state index contributed by atoms with van der Waals surface area (Å²) in [6.07, 6.45) is 0. The number of hydrogen-bond donors (Lipinski definition) is 2. The van der Waals surface area contributed by atoms with E-state index in [4.69, 9.17) is 20.8 Å². The first-order valence-corrected chi connectivity index (χ1v) is 8.12. The Morgan fingerprint density at radius 3 is 2.76 bits per heavy atom. The van der Waals surface area contributed by atoms with Crippen LogP contribution in [-0.4, -0.2) is 24.7 Å². The Labute approximate surface area is 150 Å². The normalized spacial score (nSPS) is 13.4. The zero-order valence-corrected chi connectivity index (χ0v) is 14.6. The highest BCUT2D eigenvalue weighted by Crippen LogP contribution is 2.28. The summed E-state index contributed by atoms with van der Waals surface area (Å²) in [7, 11) is 1.48. The lowest BCUT2D eigenvalue weighted by atomic mass is 10.0. The van der Waals surface area contributed by atoms with Gasteiger partial charge in [-0.1, -0.05) is 29.8 Å². The largest absolute Gasteiger partial charge is 0.496 e. The van der Waals surface area contributed by atoms with Crippen molar-refractivity contribution < 1.29 is 19.1 Å². The van der Waals surface area contributed by atoms with Gasteiger partial charge in [0.15, 0.2) is 0 Å². The van der Waals surface area contributed by atoms with Crippen molar-refractivity contribution in [2.75, 3.05) is 13.7 Å². The van der Waals surface area contributed by atoms with Crippen molar-refractivity contribution in [2.24, 2.45) is 0 Å². The van der Waals surface area contributed by atoms with Gasteiger partial charge >= 0.3 is 0 Å². The lowest BCUT2D eigenvalue weighted by Crippen LogP contribution is -2.38. The summed E-state index contributed by atoms with van der Waals surface area (Å²) < 4.78 is 10.9. The third-order valence-electron chi connectivity index (χ3n) is 3.96. The van der Waals surface area contributed by atoms with Crippen molar-refractivity contribution in [3.63, 3.8) is 0 Å². The first-order valence-electron chi connectivity index (χ1n) is 7.74. The molecule has 130 valence electrons. The summed E-state index contributed by atoms with van der Waals surface area (Å²) >= 11 is 5.95. The van der Waals surface area contributed by atoms with Crippen molar-refractivity contribution >= 4 is 28.5 Å². The van der Waals surface area contributed by atoms with Gasteiger partial charge in [0.05, 0.1) is 19.2 Å². The number of halogens is 1. The molecule has 2 aromatic carbocycles. The number of fused-ring (bicyclic) bond motifs is 1. The first kappa shape index (κ1) is 17.3. The minimum absolute atomic E-state index is 0.0265. The summed E-state index contributed by atoms with van der Waals surface area (Å²) in [5.74, 6) is 0.396. The van der Waals surface area contributed by atoms with E-state index in [0.29, 0.717) is 27.7 Å². The number of hydrogen-bond acceptors (Lipinski definition) is 4. The van der Waals surface area contributed by atoms with Crippen molar-refractivity contribution in [1.82, 2.24) is 5.32 Å². The van der Waals surface area contributed by atoms with Gasteiger partial charge in [-0.2, -0.15) is 0 Å². The van der Waals surface area contributed by atoms with Crippen LogP contribution in [0.3, 0.4) is 0 Å². The number of aliphatic hydroxyl groups is 1. The van der Waals surface area contributed by atoms with Gasteiger partial charge in [-0.25, -0.2) is 0 Å². The fraction of sp³-hybridized carbons (Fsp3) is 0.211. The van der Waals surface area contributed by atoms with Crippen molar-refractivity contribution in [2.45, 2.75) is 12.5 Å². The summed E-state index contributed by atoms with van der Waals surface area (Å²) in [5, 5.41) is 14.7. The molecule has 0 bridgehead atoms. The molecule has 0 aliphatic heterocycles. The summed E-state index contributed by atoms with van der Waals surface area (Å²) in [6, 6.07) is 14.0. The second-order valence-corrected chi connectivity index (χ2v) is 6.39. The van der Waals surface area contributed by atoms with Crippen LogP contribution in [0.25, 0.3) is 11.0 Å². The molecule has 3 rings (SSSR count). The quantitative estimate of drug-likeness (QED) is 0.728. The predicted molar refractivity (Wildman–Crippen MR) is 96.1 cm³/mol. The van der Waals surface area contributed by atoms with Crippen molar-refractivity contribution in [1.29, 1.82) is 0 Å². The van der Waals surface area contributed by atoms with E-state index in [-0.39, 0.29) is 6.54 Å². The zero-order valence-electron chi connectivity index (χ0n) is 13.9. The fourth-order valence-corrected chi connectivity index (χ4v) is 2.71. The third-order valence-corrected chi connectivity index (χ3v) is 4.19. The maximum atomic E-state index is 12.4. The van der Waals surface area contributed by atoms with E-state index in [0.717, 1.165) is 5.39 Å². The van der Waals surface area contributed by atoms with Crippen LogP contribution in [0, 0.1) is 0 Å². The molecule has 0 aliphatic rings. The number of nitrogens with one attached hydrogen (secondary N) is 1. The highest BCUT2D eigenvalue weighted by atomic mass is 35.5. The Kier molecular flexibility index (Phi) is 4.70. The van der Waals surface area contributed by atoms with Crippen molar-refractivity contribution in [3.05, 3.63) is 64.9 Å². The summed E-state index contributed by atoms with van der Waals surface area (Å²) in [4.78, 5) is 12.4. The lowest BCUT2D eigenvalue weighted by Gasteiger charge is -2.21. The Bertz CT molecular complexity index is 884. The van der Waals surface area contributed by atoms with Crippen molar-refractivity contribution in [3.8, 4) is 5.75 Å². The molecule has 1 amide bonds. The van der Waals surface area contributed by atoms with E-state index in [1.807, 2.05) is 24.3 Å². The van der Waals surface area contributed by atoms with Gasteiger partial charge in [0.1, 0.15) is 22.7 Å². The van der Waals surface area contributed by atoms with Crippen LogP contribution in [0.15, 0.2) is 52.9 Å². The number of carbonyl (C=O) groups is 1. The number of methoxy groups -OCH3 is 1. The highest BCUT2D eigenvalue weighted by molar-refractivity contribution is 6.31. The second-order valence-electron chi connectivity index (χ2n) is 5.95. The fourth-order valence-electron chi connectivity index (χ4n) is 2.54. The van der Waals surface area contributed by atoms with Gasteiger partial charge in [-0.15, -0.1) is 0 Å². The molecule has 0 spiro atoms. The van der Waals surface area contributed by atoms with E-state index in [2.05, 4.69) is 5.32 Å². The molecule has 0 saturated heterocycles. The van der Waals surface area contributed by atoms with Gasteiger partial charge in [-0.3, -0.25) is 4.79 Å². The van der Waals surface area contributed by atoms with Crippen LogP contribution in [0.5, 0.6) is 5.75 Å². The summed E-state index contributed by atoms with van der Waals surface area (Å²) in [6.45, 7) is 1.56.